The van der Waals surface area contributed by atoms with E-state index in [-0.39, 0.29) is 30.2 Å². The fourth-order valence-electron chi connectivity index (χ4n) is 1.64. The Kier molecular flexibility index (Phi) is 6.98. The molecule has 0 atom stereocenters. The van der Waals surface area contributed by atoms with Crippen molar-refractivity contribution in [3.05, 3.63) is 36.4 Å². The second kappa shape index (κ2) is 8.72. The molecule has 0 aliphatic carbocycles. The molecule has 0 aliphatic rings. The summed E-state index contributed by atoms with van der Waals surface area (Å²) in [6, 6.07) is 3.91. The van der Waals surface area contributed by atoms with Gasteiger partial charge in [-0.2, -0.15) is 0 Å². The highest BCUT2D eigenvalue weighted by molar-refractivity contribution is 5.96. The zero-order valence-corrected chi connectivity index (χ0v) is 14.4. The first-order valence-electron chi connectivity index (χ1n) is 7.50. The number of esters is 1. The van der Waals surface area contributed by atoms with E-state index in [0.717, 1.165) is 0 Å². The van der Waals surface area contributed by atoms with Crippen molar-refractivity contribution in [1.29, 1.82) is 0 Å². The van der Waals surface area contributed by atoms with Gasteiger partial charge >= 0.3 is 12.1 Å². The molecule has 0 bridgehead atoms. The zero-order valence-electron chi connectivity index (χ0n) is 14.4. The van der Waals surface area contributed by atoms with Gasteiger partial charge in [0.05, 0.1) is 11.3 Å². The zero-order chi connectivity index (χ0) is 19.0. The molecule has 25 heavy (non-hydrogen) atoms. The molecule has 0 spiro atoms. The molecule has 0 fully saturated rings. The number of nitrogens with one attached hydrogen (secondary N) is 2. The third-order valence-electron chi connectivity index (χ3n) is 2.63. The maximum atomic E-state index is 11.8. The normalized spacial score (nSPS) is 10.5. The number of aromatic hydroxyl groups is 1. The quantitative estimate of drug-likeness (QED) is 0.412. The maximum Gasteiger partial charge on any atom is 0.408 e. The third kappa shape index (κ3) is 7.38. The molecule has 0 unspecified atom stereocenters. The lowest BCUT2D eigenvalue weighted by atomic mass is 10.2. The van der Waals surface area contributed by atoms with Crippen LogP contribution in [0.1, 0.15) is 31.1 Å². The highest BCUT2D eigenvalue weighted by atomic mass is 16.6. The lowest BCUT2D eigenvalue weighted by molar-refractivity contribution is -0.115. The first kappa shape index (κ1) is 20.0. The molecule has 0 saturated carbocycles. The fourth-order valence-corrected chi connectivity index (χ4v) is 1.64. The second-order valence-corrected chi connectivity index (χ2v) is 6.02. The number of hydrogen-bond donors (Lipinski definition) is 3. The summed E-state index contributed by atoms with van der Waals surface area (Å²) < 4.78 is 9.84. The monoisotopic (exact) mass is 350 g/mol. The van der Waals surface area contributed by atoms with Gasteiger partial charge in [0, 0.05) is 0 Å². The van der Waals surface area contributed by atoms with Crippen molar-refractivity contribution in [1.82, 2.24) is 5.32 Å². The number of ether oxygens (including phenoxy) is 2. The average molecular weight is 350 g/mol. The van der Waals surface area contributed by atoms with Gasteiger partial charge in [-0.3, -0.25) is 4.79 Å². The number of amides is 2. The molecular weight excluding hydrogens is 328 g/mol. The summed E-state index contributed by atoms with van der Waals surface area (Å²) in [7, 11) is 0. The molecule has 3 N–H and O–H groups in total. The number of alkyl carbamates (subject to hydrolysis) is 1. The largest absolute Gasteiger partial charge is 0.506 e. The van der Waals surface area contributed by atoms with Crippen molar-refractivity contribution in [3.63, 3.8) is 0 Å². The highest BCUT2D eigenvalue weighted by Gasteiger charge is 2.17. The van der Waals surface area contributed by atoms with Crippen molar-refractivity contribution in [2.45, 2.75) is 26.4 Å². The van der Waals surface area contributed by atoms with Crippen LogP contribution in [0.5, 0.6) is 5.75 Å². The average Bonchev–Trinajstić information content (AvgIpc) is 2.51. The van der Waals surface area contributed by atoms with E-state index in [9.17, 15) is 19.5 Å². The van der Waals surface area contributed by atoms with E-state index in [1.165, 1.54) is 24.3 Å². The van der Waals surface area contributed by atoms with Crippen LogP contribution < -0.4 is 10.6 Å². The molecule has 1 rings (SSSR count). The van der Waals surface area contributed by atoms with E-state index in [1.54, 1.807) is 20.8 Å². The van der Waals surface area contributed by atoms with Crippen LogP contribution >= 0.6 is 0 Å². The minimum Gasteiger partial charge on any atom is -0.506 e. The van der Waals surface area contributed by atoms with Crippen molar-refractivity contribution < 1.29 is 29.0 Å². The number of anilines is 1. The first-order valence-corrected chi connectivity index (χ1v) is 7.50. The number of carbonyl (C=O) groups excluding carboxylic acids is 3. The standard InChI is InChI=1S/C17H22N2O6/c1-5-8-24-15(22)11-6-7-12(13(20)9-11)19-14(21)10-18-16(23)25-17(2,3)4/h5-7,9,20H,1,8,10H2,2-4H3,(H,18,23)(H,19,21). The molecule has 0 aliphatic heterocycles. The van der Waals surface area contributed by atoms with Gasteiger partial charge in [0.2, 0.25) is 5.91 Å². The van der Waals surface area contributed by atoms with Gasteiger partial charge in [0.1, 0.15) is 24.5 Å². The molecule has 0 aromatic heterocycles. The molecule has 2 amide bonds. The fraction of sp³-hybridized carbons (Fsp3) is 0.353. The summed E-state index contributed by atoms with van der Waals surface area (Å²) in [5, 5.41) is 14.6. The van der Waals surface area contributed by atoms with Gasteiger partial charge in [0.15, 0.2) is 0 Å². The van der Waals surface area contributed by atoms with Crippen molar-refractivity contribution in [2.24, 2.45) is 0 Å². The summed E-state index contributed by atoms with van der Waals surface area (Å²) >= 11 is 0. The number of phenolic OH excluding ortho intramolecular Hbond substituents is 1. The molecule has 1 aromatic carbocycles. The molecule has 8 heteroatoms. The van der Waals surface area contributed by atoms with Crippen LogP contribution in [-0.2, 0) is 14.3 Å². The second-order valence-electron chi connectivity index (χ2n) is 6.02. The predicted octanol–water partition coefficient (Wildman–Crippen LogP) is 2.20. The van der Waals surface area contributed by atoms with E-state index in [1.807, 2.05) is 0 Å². The number of rotatable bonds is 6. The Morgan fingerprint density at radius 3 is 2.52 bits per heavy atom. The van der Waals surface area contributed by atoms with Crippen LogP contribution in [0.3, 0.4) is 0 Å². The van der Waals surface area contributed by atoms with Crippen LogP contribution in [0.15, 0.2) is 30.9 Å². The third-order valence-corrected chi connectivity index (χ3v) is 2.63. The topological polar surface area (TPSA) is 114 Å². The lowest BCUT2D eigenvalue weighted by Gasteiger charge is -2.19. The maximum absolute atomic E-state index is 11.8. The van der Waals surface area contributed by atoms with E-state index >= 15 is 0 Å². The highest BCUT2D eigenvalue weighted by Crippen LogP contribution is 2.24. The Bertz CT molecular complexity index is 664. The van der Waals surface area contributed by atoms with Gasteiger partial charge in [-0.1, -0.05) is 12.7 Å². The van der Waals surface area contributed by atoms with Crippen molar-refractivity contribution in [2.75, 3.05) is 18.5 Å². The summed E-state index contributed by atoms with van der Waals surface area (Å²) in [6.07, 6.45) is 0.691. The van der Waals surface area contributed by atoms with Gasteiger partial charge in [-0.15, -0.1) is 0 Å². The number of benzene rings is 1. The van der Waals surface area contributed by atoms with Crippen LogP contribution in [0, 0.1) is 0 Å². The van der Waals surface area contributed by atoms with Gasteiger partial charge in [0.25, 0.3) is 0 Å². The molecule has 1 aromatic rings. The Morgan fingerprint density at radius 1 is 1.28 bits per heavy atom. The van der Waals surface area contributed by atoms with Crippen molar-refractivity contribution in [3.8, 4) is 5.75 Å². The smallest absolute Gasteiger partial charge is 0.408 e. The summed E-state index contributed by atoms with van der Waals surface area (Å²) in [6.45, 7) is 8.24. The minimum atomic E-state index is -0.729. The van der Waals surface area contributed by atoms with Crippen LogP contribution in [0.25, 0.3) is 0 Å². The Hall–Kier alpha value is -3.03. The summed E-state index contributed by atoms with van der Waals surface area (Å²) in [5.74, 6) is -1.50. The molecule has 0 heterocycles. The van der Waals surface area contributed by atoms with Gasteiger partial charge < -0.3 is 25.2 Å². The Morgan fingerprint density at radius 2 is 1.96 bits per heavy atom. The van der Waals surface area contributed by atoms with Crippen LogP contribution in [0.2, 0.25) is 0 Å². The Labute approximate surface area is 145 Å². The SMILES string of the molecule is C=CCOC(=O)c1ccc(NC(=O)CNC(=O)OC(C)(C)C)c(O)c1. The van der Waals surface area contributed by atoms with Crippen LogP contribution in [-0.4, -0.2) is 41.8 Å². The van der Waals surface area contributed by atoms with E-state index in [0.29, 0.717) is 0 Å². The molecular formula is C17H22N2O6. The number of carbonyl (C=O) groups is 3. The van der Waals surface area contributed by atoms with Gasteiger partial charge in [-0.25, -0.2) is 9.59 Å². The number of phenols is 1. The summed E-state index contributed by atoms with van der Waals surface area (Å²) in [5.41, 5.74) is -0.449. The van der Waals surface area contributed by atoms with Crippen molar-refractivity contribution >= 4 is 23.7 Å². The Balaban J connectivity index is 2.59. The van der Waals surface area contributed by atoms with Crippen LogP contribution in [0.4, 0.5) is 10.5 Å². The van der Waals surface area contributed by atoms with E-state index in [4.69, 9.17) is 9.47 Å². The minimum absolute atomic E-state index is 0.0500. The van der Waals surface area contributed by atoms with E-state index < -0.39 is 23.6 Å². The molecule has 8 nitrogen and oxygen atoms in total. The molecule has 0 saturated heterocycles. The molecule has 0 radical (unpaired) electrons. The van der Waals surface area contributed by atoms with Gasteiger partial charge in [-0.05, 0) is 39.0 Å². The summed E-state index contributed by atoms with van der Waals surface area (Å²) in [4.78, 5) is 34.9. The number of hydrogen-bond acceptors (Lipinski definition) is 6. The predicted molar refractivity (Wildman–Crippen MR) is 91.5 cm³/mol. The first-order chi connectivity index (χ1) is 11.6. The van der Waals surface area contributed by atoms with E-state index in [2.05, 4.69) is 17.2 Å². The lowest BCUT2D eigenvalue weighted by Crippen LogP contribution is -2.37. The molecule has 136 valence electrons.